The molecule has 1 aromatic carbocycles. The predicted octanol–water partition coefficient (Wildman–Crippen LogP) is 1.69. The molecule has 0 saturated carbocycles. The van der Waals surface area contributed by atoms with E-state index in [4.69, 9.17) is 4.74 Å². The number of thioether (sulfide) groups is 1. The van der Waals surface area contributed by atoms with Gasteiger partial charge in [0.05, 0.1) is 19.0 Å². The van der Waals surface area contributed by atoms with E-state index in [-0.39, 0.29) is 5.91 Å². The molecule has 0 spiro atoms. The Balaban J connectivity index is 1.47. The SMILES string of the molecule is Cc1nnc(SCC(=O)Nc2ccc(CN3CCOCC3)cc2)n1C. The first-order valence-electron chi connectivity index (χ1n) is 8.29. The predicted molar refractivity (Wildman–Crippen MR) is 97.6 cm³/mol. The first-order valence-corrected chi connectivity index (χ1v) is 9.28. The molecule has 0 bridgehead atoms. The highest BCUT2D eigenvalue weighted by Crippen LogP contribution is 2.17. The quantitative estimate of drug-likeness (QED) is 0.790. The summed E-state index contributed by atoms with van der Waals surface area (Å²) >= 11 is 1.38. The number of benzene rings is 1. The summed E-state index contributed by atoms with van der Waals surface area (Å²) in [5, 5.41) is 11.7. The number of anilines is 1. The number of aryl methyl sites for hydroxylation is 1. The zero-order chi connectivity index (χ0) is 17.6. The van der Waals surface area contributed by atoms with Crippen LogP contribution in [-0.2, 0) is 23.1 Å². The lowest BCUT2D eigenvalue weighted by molar-refractivity contribution is -0.113. The van der Waals surface area contributed by atoms with Crippen LogP contribution in [0.1, 0.15) is 11.4 Å². The number of hydrogen-bond acceptors (Lipinski definition) is 6. The minimum Gasteiger partial charge on any atom is -0.379 e. The van der Waals surface area contributed by atoms with Gasteiger partial charge in [0.25, 0.3) is 0 Å². The molecule has 3 rings (SSSR count). The Hall–Kier alpha value is -1.90. The molecule has 1 aliphatic rings. The molecule has 0 unspecified atom stereocenters. The number of aromatic nitrogens is 3. The van der Waals surface area contributed by atoms with Crippen LogP contribution in [0.25, 0.3) is 0 Å². The van der Waals surface area contributed by atoms with Gasteiger partial charge in [-0.05, 0) is 24.6 Å². The van der Waals surface area contributed by atoms with Gasteiger partial charge >= 0.3 is 0 Å². The summed E-state index contributed by atoms with van der Waals surface area (Å²) in [4.78, 5) is 14.5. The average molecular weight is 361 g/mol. The van der Waals surface area contributed by atoms with E-state index < -0.39 is 0 Å². The molecule has 1 N–H and O–H groups in total. The van der Waals surface area contributed by atoms with Crippen molar-refractivity contribution in [3.8, 4) is 0 Å². The van der Waals surface area contributed by atoms with E-state index in [9.17, 15) is 4.79 Å². The van der Waals surface area contributed by atoms with Gasteiger partial charge in [0.1, 0.15) is 5.82 Å². The monoisotopic (exact) mass is 361 g/mol. The first kappa shape index (κ1) is 17.9. The molecule has 2 aromatic rings. The standard InChI is InChI=1S/C17H23N5O2S/c1-13-19-20-17(21(13)2)25-12-16(23)18-15-5-3-14(4-6-15)11-22-7-9-24-10-8-22/h3-6H,7-12H2,1-2H3,(H,18,23). The highest BCUT2D eigenvalue weighted by Gasteiger charge is 2.11. The van der Waals surface area contributed by atoms with Crippen molar-refractivity contribution in [1.29, 1.82) is 0 Å². The van der Waals surface area contributed by atoms with Gasteiger partial charge < -0.3 is 14.6 Å². The summed E-state index contributed by atoms with van der Waals surface area (Å²) in [5.41, 5.74) is 2.05. The molecule has 25 heavy (non-hydrogen) atoms. The smallest absolute Gasteiger partial charge is 0.234 e. The summed E-state index contributed by atoms with van der Waals surface area (Å²) in [6.45, 7) is 6.34. The number of morpholine rings is 1. The average Bonchev–Trinajstić information content (AvgIpc) is 2.94. The van der Waals surface area contributed by atoms with Gasteiger partial charge in [-0.1, -0.05) is 23.9 Å². The summed E-state index contributed by atoms with van der Waals surface area (Å²) in [5.74, 6) is 1.09. The van der Waals surface area contributed by atoms with Gasteiger partial charge in [0, 0.05) is 32.4 Å². The number of carbonyl (C=O) groups is 1. The summed E-state index contributed by atoms with van der Waals surface area (Å²) in [6, 6.07) is 8.02. The molecular weight excluding hydrogens is 338 g/mol. The maximum absolute atomic E-state index is 12.1. The summed E-state index contributed by atoms with van der Waals surface area (Å²) < 4.78 is 7.24. The molecular formula is C17H23N5O2S. The van der Waals surface area contributed by atoms with Crippen LogP contribution in [0.4, 0.5) is 5.69 Å². The second-order valence-corrected chi connectivity index (χ2v) is 6.95. The number of amides is 1. The van der Waals surface area contributed by atoms with Crippen LogP contribution >= 0.6 is 11.8 Å². The first-order chi connectivity index (χ1) is 12.1. The molecule has 0 aliphatic carbocycles. The third kappa shape index (κ3) is 5.04. The van der Waals surface area contributed by atoms with E-state index in [2.05, 4.69) is 32.5 Å². The largest absolute Gasteiger partial charge is 0.379 e. The second kappa shape index (κ2) is 8.46. The van der Waals surface area contributed by atoms with Crippen molar-refractivity contribution in [3.63, 3.8) is 0 Å². The molecule has 1 amide bonds. The normalized spacial score (nSPS) is 15.3. The molecule has 0 radical (unpaired) electrons. The molecule has 1 saturated heterocycles. The Bertz CT molecular complexity index is 710. The van der Waals surface area contributed by atoms with Crippen LogP contribution in [0, 0.1) is 6.92 Å². The summed E-state index contributed by atoms with van der Waals surface area (Å²) in [6.07, 6.45) is 0. The van der Waals surface area contributed by atoms with E-state index in [0.29, 0.717) is 5.75 Å². The Kier molecular flexibility index (Phi) is 6.06. The van der Waals surface area contributed by atoms with E-state index >= 15 is 0 Å². The lowest BCUT2D eigenvalue weighted by atomic mass is 10.2. The van der Waals surface area contributed by atoms with E-state index in [0.717, 1.165) is 49.5 Å². The highest BCUT2D eigenvalue weighted by atomic mass is 32.2. The van der Waals surface area contributed by atoms with Crippen molar-refractivity contribution >= 4 is 23.4 Å². The Morgan fingerprint density at radius 3 is 2.60 bits per heavy atom. The van der Waals surface area contributed by atoms with Gasteiger partial charge in [-0.2, -0.15) is 0 Å². The van der Waals surface area contributed by atoms with Gasteiger partial charge in [-0.25, -0.2) is 0 Å². The van der Waals surface area contributed by atoms with Crippen molar-refractivity contribution in [1.82, 2.24) is 19.7 Å². The minimum absolute atomic E-state index is 0.0495. The number of carbonyl (C=O) groups excluding carboxylic acids is 1. The van der Waals surface area contributed by atoms with Crippen molar-refractivity contribution in [2.75, 3.05) is 37.4 Å². The minimum atomic E-state index is -0.0495. The van der Waals surface area contributed by atoms with Gasteiger partial charge in [-0.15, -0.1) is 10.2 Å². The maximum atomic E-state index is 12.1. The van der Waals surface area contributed by atoms with Crippen LogP contribution in [0.5, 0.6) is 0 Å². The fraction of sp³-hybridized carbons (Fsp3) is 0.471. The lowest BCUT2D eigenvalue weighted by Gasteiger charge is -2.26. The number of rotatable bonds is 6. The van der Waals surface area contributed by atoms with Gasteiger partial charge in [0.2, 0.25) is 5.91 Å². The Morgan fingerprint density at radius 2 is 1.96 bits per heavy atom. The third-order valence-electron chi connectivity index (χ3n) is 4.13. The molecule has 1 aliphatic heterocycles. The van der Waals surface area contributed by atoms with Crippen molar-refractivity contribution in [2.24, 2.45) is 7.05 Å². The zero-order valence-electron chi connectivity index (χ0n) is 14.6. The number of ether oxygens (including phenoxy) is 1. The van der Waals surface area contributed by atoms with Gasteiger partial charge in [-0.3, -0.25) is 9.69 Å². The Morgan fingerprint density at radius 1 is 1.24 bits per heavy atom. The summed E-state index contributed by atoms with van der Waals surface area (Å²) in [7, 11) is 1.89. The van der Waals surface area contributed by atoms with Crippen LogP contribution in [-0.4, -0.2) is 57.6 Å². The molecule has 1 aromatic heterocycles. The molecule has 0 atom stereocenters. The second-order valence-electron chi connectivity index (χ2n) is 6.01. The Labute approximate surface area is 151 Å². The highest BCUT2D eigenvalue weighted by molar-refractivity contribution is 7.99. The third-order valence-corrected chi connectivity index (χ3v) is 5.15. The fourth-order valence-corrected chi connectivity index (χ4v) is 3.31. The van der Waals surface area contributed by atoms with E-state index in [1.54, 1.807) is 0 Å². The molecule has 134 valence electrons. The van der Waals surface area contributed by atoms with Crippen LogP contribution in [0.15, 0.2) is 29.4 Å². The number of nitrogens with zero attached hydrogens (tertiary/aromatic N) is 4. The van der Waals surface area contributed by atoms with E-state index in [1.807, 2.05) is 30.7 Å². The van der Waals surface area contributed by atoms with Crippen molar-refractivity contribution in [3.05, 3.63) is 35.7 Å². The number of hydrogen-bond donors (Lipinski definition) is 1. The van der Waals surface area contributed by atoms with Crippen LogP contribution in [0.3, 0.4) is 0 Å². The lowest BCUT2D eigenvalue weighted by Crippen LogP contribution is -2.35. The fourth-order valence-electron chi connectivity index (χ4n) is 2.55. The molecule has 7 nitrogen and oxygen atoms in total. The van der Waals surface area contributed by atoms with Crippen LogP contribution in [0.2, 0.25) is 0 Å². The molecule has 1 fully saturated rings. The van der Waals surface area contributed by atoms with Crippen molar-refractivity contribution < 1.29 is 9.53 Å². The zero-order valence-corrected chi connectivity index (χ0v) is 15.4. The van der Waals surface area contributed by atoms with Crippen molar-refractivity contribution in [2.45, 2.75) is 18.6 Å². The van der Waals surface area contributed by atoms with Crippen LogP contribution < -0.4 is 5.32 Å². The molecule has 2 heterocycles. The van der Waals surface area contributed by atoms with Gasteiger partial charge in [0.15, 0.2) is 5.16 Å². The maximum Gasteiger partial charge on any atom is 0.234 e. The van der Waals surface area contributed by atoms with E-state index in [1.165, 1.54) is 17.3 Å². The topological polar surface area (TPSA) is 72.3 Å². The number of nitrogens with one attached hydrogen (secondary N) is 1. The molecule has 8 heteroatoms.